The number of aryl methyl sites for hydroxylation is 3. The molecule has 2 aromatic rings. The molecule has 1 amide bonds. The summed E-state index contributed by atoms with van der Waals surface area (Å²) in [6.07, 6.45) is 4.35. The minimum atomic E-state index is -0.0625. The number of nitrogens with one attached hydrogen (secondary N) is 1. The molecule has 1 aliphatic heterocycles. The monoisotopic (exact) mass is 404 g/mol. The minimum Gasteiger partial charge on any atom is -0.354 e. The van der Waals surface area contributed by atoms with Crippen LogP contribution in [0.2, 0.25) is 0 Å². The Morgan fingerprint density at radius 3 is 2.86 bits per heavy atom. The van der Waals surface area contributed by atoms with Gasteiger partial charge in [0.15, 0.2) is 0 Å². The van der Waals surface area contributed by atoms with Crippen molar-refractivity contribution in [1.82, 2.24) is 19.8 Å². The van der Waals surface area contributed by atoms with Crippen molar-refractivity contribution in [3.8, 4) is 0 Å². The van der Waals surface area contributed by atoms with Crippen LogP contribution >= 0.6 is 11.3 Å². The van der Waals surface area contributed by atoms with Crippen LogP contribution in [0.15, 0.2) is 11.1 Å². The third kappa shape index (κ3) is 4.46. The number of aromatic nitrogens is 2. The highest BCUT2D eigenvalue weighted by Crippen LogP contribution is 2.25. The molecule has 1 atom stereocenters. The van der Waals surface area contributed by atoms with Crippen LogP contribution in [-0.2, 0) is 11.3 Å². The highest BCUT2D eigenvalue weighted by molar-refractivity contribution is 7.18. The summed E-state index contributed by atoms with van der Waals surface area (Å²) in [6.45, 7) is 13.8. The van der Waals surface area contributed by atoms with Crippen LogP contribution in [0.25, 0.3) is 10.2 Å². The molecule has 7 heteroatoms. The molecule has 2 aromatic heterocycles. The number of amides is 1. The summed E-state index contributed by atoms with van der Waals surface area (Å²) in [6, 6.07) is 0. The summed E-state index contributed by atoms with van der Waals surface area (Å²) < 4.78 is 1.55. The van der Waals surface area contributed by atoms with Crippen molar-refractivity contribution in [3.63, 3.8) is 0 Å². The molecule has 0 aliphatic carbocycles. The molecular weight excluding hydrogens is 372 g/mol. The first-order valence-corrected chi connectivity index (χ1v) is 11.0. The first-order valence-electron chi connectivity index (χ1n) is 10.2. The van der Waals surface area contributed by atoms with E-state index in [1.54, 1.807) is 22.2 Å². The second-order valence-electron chi connectivity index (χ2n) is 8.74. The maximum Gasteiger partial charge on any atom is 0.262 e. The molecule has 1 aliphatic rings. The van der Waals surface area contributed by atoms with E-state index in [2.05, 4.69) is 36.0 Å². The van der Waals surface area contributed by atoms with E-state index in [0.717, 1.165) is 28.4 Å². The van der Waals surface area contributed by atoms with Gasteiger partial charge in [0.25, 0.3) is 5.56 Å². The summed E-state index contributed by atoms with van der Waals surface area (Å²) in [5, 5.41) is 3.75. The van der Waals surface area contributed by atoms with Crippen molar-refractivity contribution in [2.75, 3.05) is 19.6 Å². The minimum absolute atomic E-state index is 0.0247. The molecule has 0 saturated carbocycles. The number of hydrogen-bond acceptors (Lipinski definition) is 5. The fraction of sp³-hybridized carbons (Fsp3) is 0.667. The normalized spacial score (nSPS) is 18.5. The number of carbonyl (C=O) groups is 1. The number of hydrogen-bond donors (Lipinski definition) is 1. The fourth-order valence-electron chi connectivity index (χ4n) is 3.91. The lowest BCUT2D eigenvalue weighted by Gasteiger charge is -2.43. The van der Waals surface area contributed by atoms with Gasteiger partial charge in [0.1, 0.15) is 4.83 Å². The topological polar surface area (TPSA) is 67.2 Å². The number of likely N-dealkylation sites (tertiary alicyclic amines) is 1. The van der Waals surface area contributed by atoms with E-state index in [1.807, 2.05) is 13.8 Å². The zero-order valence-corrected chi connectivity index (χ0v) is 18.5. The standard InChI is InChI=1S/C21H32N4O2S/c1-14-7-6-9-25(11-14)21(4,5)12-22-17(26)8-10-24-13-23-19-18(20(24)27)15(2)16(3)28-19/h13-14H,6-12H2,1-5H3,(H,22,26). The quantitative estimate of drug-likeness (QED) is 0.803. The van der Waals surface area contributed by atoms with Gasteiger partial charge in [-0.05, 0) is 58.6 Å². The Balaban J connectivity index is 1.57. The Morgan fingerprint density at radius 2 is 2.14 bits per heavy atom. The van der Waals surface area contributed by atoms with E-state index in [-0.39, 0.29) is 23.4 Å². The van der Waals surface area contributed by atoms with E-state index >= 15 is 0 Å². The lowest BCUT2D eigenvalue weighted by atomic mass is 9.93. The summed E-state index contributed by atoms with van der Waals surface area (Å²) in [4.78, 5) is 33.9. The molecular formula is C21H32N4O2S. The van der Waals surface area contributed by atoms with Gasteiger partial charge in [-0.15, -0.1) is 11.3 Å². The molecule has 1 unspecified atom stereocenters. The van der Waals surface area contributed by atoms with E-state index < -0.39 is 0 Å². The summed E-state index contributed by atoms with van der Waals surface area (Å²) in [5.74, 6) is 0.686. The van der Waals surface area contributed by atoms with Gasteiger partial charge in [0.05, 0.1) is 11.7 Å². The first kappa shape index (κ1) is 21.0. The molecule has 1 saturated heterocycles. The van der Waals surface area contributed by atoms with Crippen LogP contribution in [-0.4, -0.2) is 45.5 Å². The van der Waals surface area contributed by atoms with E-state index in [1.165, 1.54) is 12.8 Å². The summed E-state index contributed by atoms with van der Waals surface area (Å²) in [7, 11) is 0. The van der Waals surface area contributed by atoms with Gasteiger partial charge in [0.2, 0.25) is 5.91 Å². The molecule has 0 bridgehead atoms. The predicted octanol–water partition coefficient (Wildman–Crippen LogP) is 3.09. The molecule has 3 rings (SSSR count). The predicted molar refractivity (Wildman–Crippen MR) is 115 cm³/mol. The first-order chi connectivity index (χ1) is 13.2. The fourth-order valence-corrected chi connectivity index (χ4v) is 4.89. The Morgan fingerprint density at radius 1 is 1.39 bits per heavy atom. The summed E-state index contributed by atoms with van der Waals surface area (Å²) in [5.41, 5.74) is 0.878. The zero-order chi connectivity index (χ0) is 20.5. The second kappa shape index (κ2) is 8.33. The van der Waals surface area contributed by atoms with Crippen LogP contribution in [0.4, 0.5) is 0 Å². The van der Waals surface area contributed by atoms with Crippen LogP contribution in [0.1, 0.15) is 50.5 Å². The SMILES string of the molecule is Cc1sc2ncn(CCC(=O)NCC(C)(C)N3CCCC(C)C3)c(=O)c2c1C. The Kier molecular flexibility index (Phi) is 6.25. The highest BCUT2D eigenvalue weighted by Gasteiger charge is 2.30. The van der Waals surface area contributed by atoms with Gasteiger partial charge in [-0.2, -0.15) is 0 Å². The molecule has 28 heavy (non-hydrogen) atoms. The third-order valence-electron chi connectivity index (χ3n) is 5.97. The van der Waals surface area contributed by atoms with Crippen molar-refractivity contribution in [1.29, 1.82) is 0 Å². The molecule has 6 nitrogen and oxygen atoms in total. The Bertz CT molecular complexity index is 915. The average Bonchev–Trinajstić information content (AvgIpc) is 2.94. The lowest BCUT2D eigenvalue weighted by Crippen LogP contribution is -2.54. The molecule has 0 radical (unpaired) electrons. The number of piperidine rings is 1. The van der Waals surface area contributed by atoms with Crippen molar-refractivity contribution >= 4 is 27.5 Å². The van der Waals surface area contributed by atoms with Gasteiger partial charge in [-0.25, -0.2) is 4.98 Å². The molecule has 0 spiro atoms. The molecule has 1 N–H and O–H groups in total. The van der Waals surface area contributed by atoms with Crippen molar-refractivity contribution in [3.05, 3.63) is 27.1 Å². The van der Waals surface area contributed by atoms with Crippen LogP contribution < -0.4 is 10.9 Å². The van der Waals surface area contributed by atoms with Crippen molar-refractivity contribution in [2.45, 2.75) is 66.0 Å². The number of thiophene rings is 1. The van der Waals surface area contributed by atoms with Crippen molar-refractivity contribution in [2.24, 2.45) is 5.92 Å². The molecule has 154 valence electrons. The smallest absolute Gasteiger partial charge is 0.262 e. The number of rotatable bonds is 6. The van der Waals surface area contributed by atoms with Gasteiger partial charge in [-0.1, -0.05) is 6.92 Å². The highest BCUT2D eigenvalue weighted by atomic mass is 32.1. The zero-order valence-electron chi connectivity index (χ0n) is 17.7. The Hall–Kier alpha value is -1.73. The lowest BCUT2D eigenvalue weighted by molar-refractivity contribution is -0.122. The van der Waals surface area contributed by atoms with E-state index in [4.69, 9.17) is 0 Å². The van der Waals surface area contributed by atoms with Gasteiger partial charge < -0.3 is 5.32 Å². The third-order valence-corrected chi connectivity index (χ3v) is 7.08. The number of fused-ring (bicyclic) bond motifs is 1. The van der Waals surface area contributed by atoms with Crippen LogP contribution in [0.3, 0.4) is 0 Å². The number of nitrogens with zero attached hydrogens (tertiary/aromatic N) is 3. The van der Waals surface area contributed by atoms with Gasteiger partial charge in [-0.3, -0.25) is 19.1 Å². The van der Waals surface area contributed by atoms with Gasteiger partial charge in [0, 0.05) is 36.5 Å². The molecule has 1 fully saturated rings. The van der Waals surface area contributed by atoms with E-state index in [0.29, 0.717) is 24.4 Å². The number of carbonyl (C=O) groups excluding carboxylic acids is 1. The van der Waals surface area contributed by atoms with Crippen LogP contribution in [0.5, 0.6) is 0 Å². The Labute approximate surface area is 171 Å². The average molecular weight is 405 g/mol. The molecule has 0 aromatic carbocycles. The summed E-state index contributed by atoms with van der Waals surface area (Å²) >= 11 is 1.54. The molecule has 3 heterocycles. The second-order valence-corrected chi connectivity index (χ2v) is 9.94. The maximum absolute atomic E-state index is 12.7. The largest absolute Gasteiger partial charge is 0.354 e. The maximum atomic E-state index is 12.7. The van der Waals surface area contributed by atoms with E-state index in [9.17, 15) is 9.59 Å². The van der Waals surface area contributed by atoms with Crippen molar-refractivity contribution < 1.29 is 4.79 Å². The van der Waals surface area contributed by atoms with Gasteiger partial charge >= 0.3 is 0 Å². The van der Waals surface area contributed by atoms with Crippen LogP contribution in [0, 0.1) is 19.8 Å².